The van der Waals surface area contributed by atoms with Crippen molar-refractivity contribution in [1.82, 2.24) is 14.6 Å². The molecule has 2 aromatic rings. The molecule has 4 nitrogen and oxygen atoms in total. The normalized spacial score (nSPS) is 11.2. The van der Waals surface area contributed by atoms with Crippen molar-refractivity contribution in [2.24, 2.45) is 0 Å². The van der Waals surface area contributed by atoms with Crippen LogP contribution < -0.4 is 0 Å². The van der Waals surface area contributed by atoms with E-state index in [9.17, 15) is 5.21 Å². The summed E-state index contributed by atoms with van der Waals surface area (Å²) < 4.78 is 1.21. The molecule has 0 aliphatic carbocycles. The highest BCUT2D eigenvalue weighted by Crippen LogP contribution is 2.24. The van der Waals surface area contributed by atoms with Crippen molar-refractivity contribution < 1.29 is 5.21 Å². The van der Waals surface area contributed by atoms with E-state index in [1.807, 2.05) is 57.1 Å². The number of aryl methyl sites for hydroxylation is 2. The molecule has 0 unspecified atom stereocenters. The first-order valence-electron chi connectivity index (χ1n) is 5.99. The van der Waals surface area contributed by atoms with Gasteiger partial charge in [-0.05, 0) is 33.5 Å². The van der Waals surface area contributed by atoms with E-state index < -0.39 is 0 Å². The Morgan fingerprint density at radius 3 is 2.50 bits per heavy atom. The Morgan fingerprint density at radius 2 is 1.89 bits per heavy atom. The van der Waals surface area contributed by atoms with Crippen LogP contribution >= 0.6 is 0 Å². The van der Waals surface area contributed by atoms with Crippen molar-refractivity contribution in [3.05, 3.63) is 41.2 Å². The summed E-state index contributed by atoms with van der Waals surface area (Å²) in [6, 6.07) is 7.93. The number of benzene rings is 1. The van der Waals surface area contributed by atoms with E-state index >= 15 is 0 Å². The second kappa shape index (κ2) is 4.82. The maximum absolute atomic E-state index is 10.3. The summed E-state index contributed by atoms with van der Waals surface area (Å²) in [5.41, 5.74) is 3.77. The van der Waals surface area contributed by atoms with Gasteiger partial charge in [0.25, 0.3) is 0 Å². The lowest BCUT2D eigenvalue weighted by molar-refractivity contribution is 0.172. The minimum Gasteiger partial charge on any atom is -0.427 e. The minimum absolute atomic E-state index is 0.613. The van der Waals surface area contributed by atoms with Gasteiger partial charge in [0.15, 0.2) is 5.82 Å². The number of hydrogen-bond acceptors (Lipinski definition) is 3. The molecule has 0 aliphatic rings. The fourth-order valence-corrected chi connectivity index (χ4v) is 2.03. The van der Waals surface area contributed by atoms with Crippen LogP contribution in [0.2, 0.25) is 0 Å². The third kappa shape index (κ3) is 2.24. The molecular formula is C14H19N3O. The van der Waals surface area contributed by atoms with Gasteiger partial charge in [-0.3, -0.25) is 0 Å². The fraction of sp³-hybridized carbons (Fsp3) is 0.357. The van der Waals surface area contributed by atoms with Crippen LogP contribution in [0.1, 0.15) is 17.0 Å². The molecule has 0 radical (unpaired) electrons. The first-order chi connectivity index (χ1) is 8.50. The summed E-state index contributed by atoms with van der Waals surface area (Å²) in [5.74, 6) is 0.613. The van der Waals surface area contributed by atoms with Gasteiger partial charge in [-0.2, -0.15) is 4.73 Å². The lowest BCUT2D eigenvalue weighted by Gasteiger charge is -2.11. The zero-order valence-corrected chi connectivity index (χ0v) is 11.3. The summed E-state index contributed by atoms with van der Waals surface area (Å²) in [7, 11) is 3.94. The summed E-state index contributed by atoms with van der Waals surface area (Å²) in [6.45, 7) is 4.61. The Bertz CT molecular complexity index is 558. The van der Waals surface area contributed by atoms with Crippen LogP contribution in [0.25, 0.3) is 11.4 Å². The van der Waals surface area contributed by atoms with Crippen LogP contribution in [0.4, 0.5) is 0 Å². The van der Waals surface area contributed by atoms with Gasteiger partial charge >= 0.3 is 0 Å². The smallest absolute Gasteiger partial charge is 0.176 e. The third-order valence-corrected chi connectivity index (χ3v) is 3.00. The largest absolute Gasteiger partial charge is 0.427 e. The fourth-order valence-electron chi connectivity index (χ4n) is 2.03. The van der Waals surface area contributed by atoms with Gasteiger partial charge in [-0.1, -0.05) is 24.3 Å². The van der Waals surface area contributed by atoms with E-state index in [0.29, 0.717) is 12.4 Å². The van der Waals surface area contributed by atoms with Crippen molar-refractivity contribution in [3.8, 4) is 11.4 Å². The monoisotopic (exact) mass is 245 g/mol. The van der Waals surface area contributed by atoms with Crippen LogP contribution in [0.5, 0.6) is 0 Å². The Labute approximate surface area is 107 Å². The number of rotatable bonds is 3. The van der Waals surface area contributed by atoms with Crippen molar-refractivity contribution in [2.75, 3.05) is 14.1 Å². The molecule has 0 amide bonds. The van der Waals surface area contributed by atoms with Gasteiger partial charge in [0.1, 0.15) is 0 Å². The molecule has 1 aromatic carbocycles. The van der Waals surface area contributed by atoms with E-state index in [1.54, 1.807) is 0 Å². The maximum Gasteiger partial charge on any atom is 0.176 e. The summed E-state index contributed by atoms with van der Waals surface area (Å²) in [4.78, 5) is 6.49. The average molecular weight is 245 g/mol. The molecule has 96 valence electrons. The molecule has 1 heterocycles. The minimum atomic E-state index is 0.613. The van der Waals surface area contributed by atoms with E-state index in [4.69, 9.17) is 0 Å². The SMILES string of the molecule is Cc1ccccc1-c1nc(C)c(CN(C)C)n1O. The lowest BCUT2D eigenvalue weighted by atomic mass is 10.1. The van der Waals surface area contributed by atoms with Crippen molar-refractivity contribution in [1.29, 1.82) is 0 Å². The number of imidazole rings is 1. The predicted octanol–water partition coefficient (Wildman–Crippen LogP) is 2.47. The number of nitrogens with zero attached hydrogens (tertiary/aromatic N) is 3. The van der Waals surface area contributed by atoms with Gasteiger partial charge in [0, 0.05) is 12.1 Å². The zero-order chi connectivity index (χ0) is 13.3. The van der Waals surface area contributed by atoms with E-state index in [2.05, 4.69) is 4.98 Å². The molecular weight excluding hydrogens is 226 g/mol. The molecule has 0 saturated heterocycles. The highest BCUT2D eigenvalue weighted by molar-refractivity contribution is 5.61. The molecule has 0 fully saturated rings. The molecule has 0 atom stereocenters. The molecule has 2 rings (SSSR count). The molecule has 0 aliphatic heterocycles. The number of hydrogen-bond donors (Lipinski definition) is 1. The van der Waals surface area contributed by atoms with Crippen molar-refractivity contribution in [2.45, 2.75) is 20.4 Å². The van der Waals surface area contributed by atoms with Crippen molar-refractivity contribution >= 4 is 0 Å². The van der Waals surface area contributed by atoms with Crippen LogP contribution in [0, 0.1) is 13.8 Å². The van der Waals surface area contributed by atoms with Gasteiger partial charge < -0.3 is 10.1 Å². The Hall–Kier alpha value is -1.81. The van der Waals surface area contributed by atoms with E-state index in [1.165, 1.54) is 4.73 Å². The Kier molecular flexibility index (Phi) is 3.39. The molecule has 0 spiro atoms. The van der Waals surface area contributed by atoms with Crippen molar-refractivity contribution in [3.63, 3.8) is 0 Å². The van der Waals surface area contributed by atoms with E-state index in [0.717, 1.165) is 22.5 Å². The van der Waals surface area contributed by atoms with E-state index in [-0.39, 0.29) is 0 Å². The third-order valence-electron chi connectivity index (χ3n) is 3.00. The van der Waals surface area contributed by atoms with Crippen LogP contribution in [-0.2, 0) is 6.54 Å². The van der Waals surface area contributed by atoms with Gasteiger partial charge in [-0.25, -0.2) is 4.98 Å². The molecule has 1 N–H and O–H groups in total. The summed E-state index contributed by atoms with van der Waals surface area (Å²) >= 11 is 0. The van der Waals surface area contributed by atoms with Crippen LogP contribution in [0.3, 0.4) is 0 Å². The molecule has 4 heteroatoms. The van der Waals surface area contributed by atoms with Crippen LogP contribution in [-0.4, -0.2) is 33.9 Å². The van der Waals surface area contributed by atoms with Crippen LogP contribution in [0.15, 0.2) is 24.3 Å². The molecule has 0 bridgehead atoms. The quantitative estimate of drug-likeness (QED) is 0.845. The topological polar surface area (TPSA) is 41.3 Å². The summed E-state index contributed by atoms with van der Waals surface area (Å²) in [5, 5.41) is 10.3. The molecule has 0 saturated carbocycles. The maximum atomic E-state index is 10.3. The molecule has 18 heavy (non-hydrogen) atoms. The van der Waals surface area contributed by atoms with Gasteiger partial charge in [0.2, 0.25) is 0 Å². The highest BCUT2D eigenvalue weighted by Gasteiger charge is 2.16. The van der Waals surface area contributed by atoms with Gasteiger partial charge in [0.05, 0.1) is 11.4 Å². The number of aromatic nitrogens is 2. The zero-order valence-electron chi connectivity index (χ0n) is 11.3. The molecule has 1 aromatic heterocycles. The Morgan fingerprint density at radius 1 is 1.22 bits per heavy atom. The highest BCUT2D eigenvalue weighted by atomic mass is 16.5. The first-order valence-corrected chi connectivity index (χ1v) is 5.99. The lowest BCUT2D eigenvalue weighted by Crippen LogP contribution is -2.15. The van der Waals surface area contributed by atoms with Gasteiger partial charge in [-0.15, -0.1) is 0 Å². The Balaban J connectivity index is 2.51. The summed E-state index contributed by atoms with van der Waals surface area (Å²) in [6.07, 6.45) is 0. The predicted molar refractivity (Wildman–Crippen MR) is 71.7 cm³/mol. The first kappa shape index (κ1) is 12.6. The second-order valence-corrected chi connectivity index (χ2v) is 4.83. The average Bonchev–Trinajstić information content (AvgIpc) is 2.57. The standard InChI is InChI=1S/C14H19N3O/c1-10-7-5-6-8-12(10)14-15-11(2)13(17(14)18)9-16(3)4/h5-8,18H,9H2,1-4H3. The second-order valence-electron chi connectivity index (χ2n) is 4.83.